The van der Waals surface area contributed by atoms with Crippen molar-refractivity contribution in [1.29, 1.82) is 0 Å². The van der Waals surface area contributed by atoms with Gasteiger partial charge in [-0.1, -0.05) is 12.2 Å². The van der Waals surface area contributed by atoms with Gasteiger partial charge in [0.1, 0.15) is 6.04 Å². The van der Waals surface area contributed by atoms with E-state index in [2.05, 4.69) is 0 Å². The summed E-state index contributed by atoms with van der Waals surface area (Å²) < 4.78 is 25.0. The normalized spacial score (nSPS) is 21.4. The highest BCUT2D eigenvalue weighted by Crippen LogP contribution is 2.23. The molecule has 0 bridgehead atoms. The van der Waals surface area contributed by atoms with E-state index in [0.29, 0.717) is 0 Å². The molecule has 1 aromatic rings. The molecule has 16 heavy (non-hydrogen) atoms. The fourth-order valence-corrected chi connectivity index (χ4v) is 4.00. The van der Waals surface area contributed by atoms with Crippen LogP contribution in [0.15, 0.2) is 33.9 Å². The monoisotopic (exact) mass is 259 g/mol. The fourth-order valence-electron chi connectivity index (χ4n) is 1.49. The number of thiophene rings is 1. The van der Waals surface area contributed by atoms with Gasteiger partial charge in [-0.15, -0.1) is 0 Å². The van der Waals surface area contributed by atoms with Gasteiger partial charge in [0.15, 0.2) is 0 Å². The Labute approximate surface area is 96.7 Å². The summed E-state index contributed by atoms with van der Waals surface area (Å²) in [5.41, 5.74) is 0. The highest BCUT2D eigenvalue weighted by Gasteiger charge is 2.36. The number of carboxylic acids is 1. The van der Waals surface area contributed by atoms with Crippen LogP contribution in [0.5, 0.6) is 0 Å². The Morgan fingerprint density at radius 1 is 1.56 bits per heavy atom. The van der Waals surface area contributed by atoms with Gasteiger partial charge in [-0.2, -0.15) is 15.6 Å². The van der Waals surface area contributed by atoms with Crippen LogP contribution < -0.4 is 0 Å². The first-order valence-electron chi connectivity index (χ1n) is 4.47. The summed E-state index contributed by atoms with van der Waals surface area (Å²) in [6.45, 7) is 0.106. The fraction of sp³-hybridized carbons (Fsp3) is 0.222. The van der Waals surface area contributed by atoms with Crippen LogP contribution in [0.25, 0.3) is 0 Å². The van der Waals surface area contributed by atoms with E-state index in [-0.39, 0.29) is 11.4 Å². The molecular weight excluding hydrogens is 250 g/mol. The molecular formula is C9H9NO4S2. The number of aliphatic carboxylic acids is 1. The topological polar surface area (TPSA) is 74.7 Å². The molecule has 0 saturated carbocycles. The van der Waals surface area contributed by atoms with E-state index >= 15 is 0 Å². The molecule has 1 aliphatic heterocycles. The first kappa shape index (κ1) is 11.3. The number of rotatable bonds is 3. The number of carbonyl (C=O) groups is 1. The highest BCUT2D eigenvalue weighted by atomic mass is 32.2. The average Bonchev–Trinajstić information content (AvgIpc) is 2.89. The molecule has 0 radical (unpaired) electrons. The van der Waals surface area contributed by atoms with Crippen LogP contribution in [0, 0.1) is 0 Å². The van der Waals surface area contributed by atoms with Crippen molar-refractivity contribution in [1.82, 2.24) is 4.31 Å². The van der Waals surface area contributed by atoms with Gasteiger partial charge >= 0.3 is 5.97 Å². The SMILES string of the molecule is O=C(O)[C@@H]1C=CCN1S(=O)(=O)c1ccsc1. The van der Waals surface area contributed by atoms with E-state index < -0.39 is 22.0 Å². The summed E-state index contributed by atoms with van der Waals surface area (Å²) in [5, 5.41) is 12.0. The Hall–Kier alpha value is -1.18. The molecule has 0 saturated heterocycles. The lowest BCUT2D eigenvalue weighted by Gasteiger charge is -2.19. The summed E-state index contributed by atoms with van der Waals surface area (Å²) in [4.78, 5) is 11.0. The summed E-state index contributed by atoms with van der Waals surface area (Å²) in [5.74, 6) is -1.16. The Morgan fingerprint density at radius 2 is 2.31 bits per heavy atom. The second-order valence-electron chi connectivity index (χ2n) is 3.25. The van der Waals surface area contributed by atoms with Gasteiger partial charge in [0.2, 0.25) is 10.0 Å². The van der Waals surface area contributed by atoms with Crippen LogP contribution in [0.1, 0.15) is 0 Å². The van der Waals surface area contributed by atoms with E-state index in [9.17, 15) is 13.2 Å². The van der Waals surface area contributed by atoms with Crippen molar-refractivity contribution in [3.63, 3.8) is 0 Å². The van der Waals surface area contributed by atoms with Crippen LogP contribution in [0.4, 0.5) is 0 Å². The summed E-state index contributed by atoms with van der Waals surface area (Å²) in [6.07, 6.45) is 2.93. The van der Waals surface area contributed by atoms with Crippen molar-refractivity contribution in [2.75, 3.05) is 6.54 Å². The molecule has 1 aromatic heterocycles. The predicted molar refractivity (Wildman–Crippen MR) is 58.8 cm³/mol. The Kier molecular flexibility index (Phi) is 2.83. The predicted octanol–water partition coefficient (Wildman–Crippen LogP) is 0.762. The third-order valence-corrected chi connectivity index (χ3v) is 4.94. The van der Waals surface area contributed by atoms with Gasteiger partial charge in [-0.3, -0.25) is 4.79 Å². The molecule has 2 rings (SSSR count). The van der Waals surface area contributed by atoms with Crippen LogP contribution in [-0.2, 0) is 14.8 Å². The van der Waals surface area contributed by atoms with Gasteiger partial charge in [0.05, 0.1) is 4.90 Å². The maximum absolute atomic E-state index is 12.0. The molecule has 1 aliphatic rings. The summed E-state index contributed by atoms with van der Waals surface area (Å²) >= 11 is 1.26. The minimum absolute atomic E-state index is 0.106. The van der Waals surface area contributed by atoms with E-state index in [0.717, 1.165) is 4.31 Å². The van der Waals surface area contributed by atoms with Crippen molar-refractivity contribution in [2.45, 2.75) is 10.9 Å². The Balaban J connectivity index is 2.36. The van der Waals surface area contributed by atoms with Crippen LogP contribution in [0.2, 0.25) is 0 Å². The Morgan fingerprint density at radius 3 is 2.88 bits per heavy atom. The summed E-state index contributed by atoms with van der Waals surface area (Å²) in [6, 6.07) is 0.377. The third-order valence-electron chi connectivity index (χ3n) is 2.27. The molecule has 0 aliphatic carbocycles. The maximum Gasteiger partial charge on any atom is 0.326 e. The van der Waals surface area contributed by atoms with Gasteiger partial charge in [-0.05, 0) is 11.4 Å². The summed E-state index contributed by atoms with van der Waals surface area (Å²) in [7, 11) is -3.69. The van der Waals surface area contributed by atoms with Gasteiger partial charge in [-0.25, -0.2) is 8.42 Å². The number of carboxylic acid groups (broad SMARTS) is 1. The smallest absolute Gasteiger partial charge is 0.326 e. The molecule has 1 N–H and O–H groups in total. The number of sulfonamides is 1. The first-order valence-corrected chi connectivity index (χ1v) is 6.85. The molecule has 0 amide bonds. The quantitative estimate of drug-likeness (QED) is 0.813. The molecule has 7 heteroatoms. The number of hydrogen-bond acceptors (Lipinski definition) is 4. The van der Waals surface area contributed by atoms with Crippen molar-refractivity contribution in [3.8, 4) is 0 Å². The highest BCUT2D eigenvalue weighted by molar-refractivity contribution is 7.89. The van der Waals surface area contributed by atoms with Gasteiger partial charge < -0.3 is 5.11 Å². The second-order valence-corrected chi connectivity index (χ2v) is 5.92. The lowest BCUT2D eigenvalue weighted by Crippen LogP contribution is -2.40. The molecule has 0 fully saturated rings. The Bertz CT molecular complexity index is 518. The molecule has 86 valence electrons. The van der Waals surface area contributed by atoms with Crippen molar-refractivity contribution in [2.24, 2.45) is 0 Å². The largest absolute Gasteiger partial charge is 0.480 e. The van der Waals surface area contributed by atoms with E-state index in [1.807, 2.05) is 0 Å². The first-order chi connectivity index (χ1) is 7.53. The molecule has 0 aromatic carbocycles. The molecule has 0 spiro atoms. The van der Waals surface area contributed by atoms with Gasteiger partial charge in [0, 0.05) is 11.9 Å². The second kappa shape index (κ2) is 4.00. The van der Waals surface area contributed by atoms with Crippen LogP contribution in [-0.4, -0.2) is 36.4 Å². The minimum atomic E-state index is -3.69. The van der Waals surface area contributed by atoms with Crippen LogP contribution in [0.3, 0.4) is 0 Å². The van der Waals surface area contributed by atoms with E-state index in [1.54, 1.807) is 11.5 Å². The number of nitrogens with zero attached hydrogens (tertiary/aromatic N) is 1. The zero-order valence-corrected chi connectivity index (χ0v) is 9.74. The van der Waals surface area contributed by atoms with Crippen molar-refractivity contribution < 1.29 is 18.3 Å². The standard InChI is InChI=1S/C9H9NO4S2/c11-9(12)8-2-1-4-10(8)16(13,14)7-3-5-15-6-7/h1-3,5-6,8H,4H2,(H,11,12)/t8-/m0/s1. The number of hydrogen-bond donors (Lipinski definition) is 1. The third kappa shape index (κ3) is 1.77. The lowest BCUT2D eigenvalue weighted by atomic mass is 10.3. The molecule has 5 nitrogen and oxygen atoms in total. The molecule has 0 unspecified atom stereocenters. The van der Waals surface area contributed by atoms with E-state index in [1.165, 1.54) is 28.9 Å². The lowest BCUT2D eigenvalue weighted by molar-refractivity contribution is -0.139. The van der Waals surface area contributed by atoms with Crippen molar-refractivity contribution in [3.05, 3.63) is 29.0 Å². The van der Waals surface area contributed by atoms with Crippen molar-refractivity contribution >= 4 is 27.3 Å². The van der Waals surface area contributed by atoms with Gasteiger partial charge in [0.25, 0.3) is 0 Å². The van der Waals surface area contributed by atoms with E-state index in [4.69, 9.17) is 5.11 Å². The zero-order chi connectivity index (χ0) is 11.8. The molecule has 1 atom stereocenters. The zero-order valence-electron chi connectivity index (χ0n) is 8.11. The van der Waals surface area contributed by atoms with Crippen LogP contribution >= 0.6 is 11.3 Å². The molecule has 2 heterocycles. The average molecular weight is 259 g/mol. The maximum atomic E-state index is 12.0. The minimum Gasteiger partial charge on any atom is -0.480 e.